The Morgan fingerprint density at radius 3 is 2.65 bits per heavy atom. The number of nitrogens with one attached hydrogen (secondary N) is 2. The fourth-order valence-electron chi connectivity index (χ4n) is 3.67. The molecule has 7 nitrogen and oxygen atoms in total. The molecular formula is C24H40N4O3. The Hall–Kier alpha value is -2.44. The maximum absolute atomic E-state index is 12.1. The number of carbonyl (C=O) groups excluding carboxylic acids is 1. The van der Waals surface area contributed by atoms with Crippen molar-refractivity contribution < 1.29 is 14.3 Å². The van der Waals surface area contributed by atoms with Crippen molar-refractivity contribution in [1.82, 2.24) is 15.5 Å². The van der Waals surface area contributed by atoms with Crippen molar-refractivity contribution in [1.29, 1.82) is 0 Å². The van der Waals surface area contributed by atoms with Crippen LogP contribution in [0.15, 0.2) is 23.2 Å². The van der Waals surface area contributed by atoms with Gasteiger partial charge in [-0.15, -0.1) is 0 Å². The van der Waals surface area contributed by atoms with E-state index in [1.165, 1.54) is 0 Å². The SMILES string of the molecule is CCNC(=NCCCN1CCCCCC1=O)NC(C)c1ccc(OCC)c(OCC)c1. The van der Waals surface area contributed by atoms with Crippen LogP contribution < -0.4 is 20.1 Å². The van der Waals surface area contributed by atoms with Crippen molar-refractivity contribution in [3.8, 4) is 11.5 Å². The second kappa shape index (κ2) is 13.8. The molecule has 174 valence electrons. The first-order chi connectivity index (χ1) is 15.1. The molecule has 7 heteroatoms. The van der Waals surface area contributed by atoms with Crippen LogP contribution >= 0.6 is 0 Å². The van der Waals surface area contributed by atoms with E-state index in [0.717, 1.165) is 68.3 Å². The zero-order valence-electron chi connectivity index (χ0n) is 19.7. The number of carbonyl (C=O) groups is 1. The third kappa shape index (κ3) is 8.31. The molecule has 2 rings (SSSR count). The Balaban J connectivity index is 1.94. The van der Waals surface area contributed by atoms with Gasteiger partial charge >= 0.3 is 0 Å². The highest BCUT2D eigenvalue weighted by Crippen LogP contribution is 2.30. The van der Waals surface area contributed by atoms with Gasteiger partial charge in [0, 0.05) is 32.6 Å². The summed E-state index contributed by atoms with van der Waals surface area (Å²) in [6.45, 7) is 12.4. The van der Waals surface area contributed by atoms with Gasteiger partial charge in [0.25, 0.3) is 0 Å². The summed E-state index contributed by atoms with van der Waals surface area (Å²) >= 11 is 0. The van der Waals surface area contributed by atoms with Gasteiger partial charge in [0.1, 0.15) is 0 Å². The minimum absolute atomic E-state index is 0.0554. The van der Waals surface area contributed by atoms with Crippen molar-refractivity contribution in [2.45, 2.75) is 65.8 Å². The first kappa shape index (κ1) is 24.8. The van der Waals surface area contributed by atoms with Gasteiger partial charge in [-0.25, -0.2) is 0 Å². The highest BCUT2D eigenvalue weighted by atomic mass is 16.5. The molecule has 0 aromatic heterocycles. The summed E-state index contributed by atoms with van der Waals surface area (Å²) in [7, 11) is 0. The fraction of sp³-hybridized carbons (Fsp3) is 0.667. The van der Waals surface area contributed by atoms with Crippen LogP contribution in [0.2, 0.25) is 0 Å². The van der Waals surface area contributed by atoms with Gasteiger partial charge in [0.15, 0.2) is 17.5 Å². The molecule has 0 spiro atoms. The van der Waals surface area contributed by atoms with Crippen molar-refractivity contribution in [2.24, 2.45) is 4.99 Å². The van der Waals surface area contributed by atoms with Gasteiger partial charge in [-0.2, -0.15) is 0 Å². The smallest absolute Gasteiger partial charge is 0.222 e. The van der Waals surface area contributed by atoms with Crippen LogP contribution in [0.1, 0.15) is 71.4 Å². The molecule has 0 radical (unpaired) electrons. The molecule has 1 aromatic carbocycles. The normalized spacial score (nSPS) is 15.9. The molecule has 0 aliphatic carbocycles. The van der Waals surface area contributed by atoms with Gasteiger partial charge in [0.05, 0.1) is 19.3 Å². The minimum atomic E-state index is 0.0554. The van der Waals surface area contributed by atoms with Crippen LogP contribution in [0.25, 0.3) is 0 Å². The molecule has 1 saturated heterocycles. The summed E-state index contributed by atoms with van der Waals surface area (Å²) < 4.78 is 11.4. The van der Waals surface area contributed by atoms with Crippen molar-refractivity contribution in [3.63, 3.8) is 0 Å². The Morgan fingerprint density at radius 1 is 1.13 bits per heavy atom. The van der Waals surface area contributed by atoms with Crippen molar-refractivity contribution in [3.05, 3.63) is 23.8 Å². The van der Waals surface area contributed by atoms with Crippen LogP contribution in [-0.4, -0.2) is 56.2 Å². The number of aliphatic imine (C=N–C) groups is 1. The summed E-state index contributed by atoms with van der Waals surface area (Å²) in [4.78, 5) is 18.9. The number of nitrogens with zero attached hydrogens (tertiary/aromatic N) is 2. The number of rotatable bonds is 11. The Morgan fingerprint density at radius 2 is 1.90 bits per heavy atom. The lowest BCUT2D eigenvalue weighted by molar-refractivity contribution is -0.130. The summed E-state index contributed by atoms with van der Waals surface area (Å²) in [6.07, 6.45) is 4.85. The maximum atomic E-state index is 12.1. The predicted octanol–water partition coefficient (Wildman–Crippen LogP) is 3.89. The minimum Gasteiger partial charge on any atom is -0.490 e. The highest BCUT2D eigenvalue weighted by molar-refractivity contribution is 5.80. The number of amides is 1. The lowest BCUT2D eigenvalue weighted by Crippen LogP contribution is -2.39. The summed E-state index contributed by atoms with van der Waals surface area (Å²) in [5.41, 5.74) is 1.10. The number of guanidine groups is 1. The van der Waals surface area contributed by atoms with Crippen LogP contribution in [0.5, 0.6) is 11.5 Å². The van der Waals surface area contributed by atoms with E-state index in [0.29, 0.717) is 32.1 Å². The second-order valence-corrected chi connectivity index (χ2v) is 7.74. The molecule has 1 atom stereocenters. The van der Waals surface area contributed by atoms with Gasteiger partial charge in [0.2, 0.25) is 5.91 Å². The first-order valence-corrected chi connectivity index (χ1v) is 11.8. The quantitative estimate of drug-likeness (QED) is 0.315. The largest absolute Gasteiger partial charge is 0.490 e. The van der Waals surface area contributed by atoms with Gasteiger partial charge in [-0.1, -0.05) is 12.5 Å². The van der Waals surface area contributed by atoms with Crippen LogP contribution in [0.4, 0.5) is 0 Å². The van der Waals surface area contributed by atoms with Crippen LogP contribution in [-0.2, 0) is 4.79 Å². The Kier molecular flexibility index (Phi) is 11.0. The third-order valence-corrected chi connectivity index (χ3v) is 5.29. The van der Waals surface area contributed by atoms with E-state index in [9.17, 15) is 4.79 Å². The molecule has 1 fully saturated rings. The van der Waals surface area contributed by atoms with E-state index in [-0.39, 0.29) is 6.04 Å². The van der Waals surface area contributed by atoms with E-state index < -0.39 is 0 Å². The molecule has 1 aliphatic heterocycles. The maximum Gasteiger partial charge on any atom is 0.222 e. The second-order valence-electron chi connectivity index (χ2n) is 7.74. The number of likely N-dealkylation sites (tertiary alicyclic amines) is 1. The highest BCUT2D eigenvalue weighted by Gasteiger charge is 2.16. The van der Waals surface area contributed by atoms with Gasteiger partial charge in [-0.05, 0) is 64.7 Å². The number of benzene rings is 1. The molecule has 1 heterocycles. The molecule has 31 heavy (non-hydrogen) atoms. The van der Waals surface area contributed by atoms with E-state index in [2.05, 4.69) is 30.5 Å². The molecular weight excluding hydrogens is 392 g/mol. The summed E-state index contributed by atoms with van der Waals surface area (Å²) in [5, 5.41) is 6.79. The van der Waals surface area contributed by atoms with E-state index in [4.69, 9.17) is 14.5 Å². The topological polar surface area (TPSA) is 75.2 Å². The zero-order valence-corrected chi connectivity index (χ0v) is 19.7. The van der Waals surface area contributed by atoms with Crippen molar-refractivity contribution >= 4 is 11.9 Å². The zero-order chi connectivity index (χ0) is 22.5. The molecule has 2 N–H and O–H groups in total. The third-order valence-electron chi connectivity index (χ3n) is 5.29. The Labute approximate surface area is 187 Å². The molecule has 1 aliphatic rings. The molecule has 1 aromatic rings. The lowest BCUT2D eigenvalue weighted by atomic mass is 10.1. The van der Waals surface area contributed by atoms with Gasteiger partial charge < -0.3 is 25.0 Å². The molecule has 0 saturated carbocycles. The van der Waals surface area contributed by atoms with E-state index in [1.807, 2.05) is 30.9 Å². The standard InChI is InChI=1S/C24H40N4O3/c1-5-25-24(26-15-11-17-28-16-10-8-9-12-23(28)29)27-19(4)20-13-14-21(30-6-2)22(18-20)31-7-3/h13-14,18-19H,5-12,15-17H2,1-4H3,(H2,25,26,27). The number of hydrogen-bond acceptors (Lipinski definition) is 4. The Bertz CT molecular complexity index is 708. The first-order valence-electron chi connectivity index (χ1n) is 11.8. The lowest BCUT2D eigenvalue weighted by Gasteiger charge is -2.21. The number of ether oxygens (including phenoxy) is 2. The molecule has 0 bridgehead atoms. The molecule has 1 amide bonds. The monoisotopic (exact) mass is 432 g/mol. The average Bonchev–Trinajstić information content (AvgIpc) is 2.96. The van der Waals surface area contributed by atoms with Crippen molar-refractivity contribution in [2.75, 3.05) is 39.4 Å². The fourth-order valence-corrected chi connectivity index (χ4v) is 3.67. The van der Waals surface area contributed by atoms with Crippen LogP contribution in [0.3, 0.4) is 0 Å². The van der Waals surface area contributed by atoms with E-state index in [1.54, 1.807) is 0 Å². The summed E-state index contributed by atoms with van der Waals surface area (Å²) in [5.74, 6) is 2.60. The predicted molar refractivity (Wildman–Crippen MR) is 126 cm³/mol. The average molecular weight is 433 g/mol. The van der Waals surface area contributed by atoms with E-state index >= 15 is 0 Å². The molecule has 1 unspecified atom stereocenters. The summed E-state index contributed by atoms with van der Waals surface area (Å²) in [6, 6.07) is 6.10. The van der Waals surface area contributed by atoms with Gasteiger partial charge in [-0.3, -0.25) is 9.79 Å². The number of hydrogen-bond donors (Lipinski definition) is 2. The van der Waals surface area contributed by atoms with Crippen LogP contribution in [0, 0.1) is 0 Å².